The Kier molecular flexibility index (Phi) is 8.22. The van der Waals surface area contributed by atoms with Gasteiger partial charge < -0.3 is 15.2 Å². The highest BCUT2D eigenvalue weighted by atomic mass is 16.6. The number of nitrogens with zero attached hydrogens (tertiary/aromatic N) is 1. The number of aryl methyl sites for hydroxylation is 1. The molecule has 0 bridgehead atoms. The smallest absolute Gasteiger partial charge is 0.335 e. The van der Waals surface area contributed by atoms with Crippen LogP contribution in [0.5, 0.6) is 0 Å². The number of pyridine rings is 1. The number of hydrogen-bond donors (Lipinski definition) is 2. The molecule has 122 valence electrons. The van der Waals surface area contributed by atoms with Gasteiger partial charge in [-0.3, -0.25) is 0 Å². The third-order valence-electron chi connectivity index (χ3n) is 3.23. The Bertz CT molecular complexity index is 471. The summed E-state index contributed by atoms with van der Waals surface area (Å²) in [6, 6.07) is 3.88. The van der Waals surface area contributed by atoms with E-state index in [1.165, 1.54) is 25.7 Å². The Balaban J connectivity index is 2.31. The second-order valence-electron chi connectivity index (χ2n) is 5.41. The van der Waals surface area contributed by atoms with Crippen molar-refractivity contribution in [3.8, 4) is 0 Å². The highest BCUT2D eigenvalue weighted by Gasteiger charge is 2.11. The van der Waals surface area contributed by atoms with Gasteiger partial charge in [0.25, 0.3) is 0 Å². The van der Waals surface area contributed by atoms with E-state index < -0.39 is 12.3 Å². The van der Waals surface area contributed by atoms with Gasteiger partial charge in [-0.25, -0.2) is 9.36 Å². The summed E-state index contributed by atoms with van der Waals surface area (Å²) in [5.74, 6) is -0.590. The summed E-state index contributed by atoms with van der Waals surface area (Å²) in [5.41, 5.74) is 1.14. The van der Waals surface area contributed by atoms with Gasteiger partial charge >= 0.3 is 5.97 Å². The minimum atomic E-state index is -1.19. The monoisotopic (exact) mass is 307 g/mol. The number of hydrogen-bond acceptors (Lipinski definition) is 4. The number of aromatic nitrogens is 1. The highest BCUT2D eigenvalue weighted by molar-refractivity contribution is 5.87. The SMILES string of the molecule is C=C(C)C(=O)OC(O)CNc1cc[n+](CCCCCC)cc1. The van der Waals surface area contributed by atoms with E-state index in [0.29, 0.717) is 0 Å². The number of rotatable bonds is 10. The predicted octanol–water partition coefficient (Wildman–Crippen LogP) is 2.40. The average molecular weight is 307 g/mol. The van der Waals surface area contributed by atoms with E-state index in [-0.39, 0.29) is 12.1 Å². The molecule has 1 heterocycles. The third kappa shape index (κ3) is 7.22. The molecule has 5 nitrogen and oxygen atoms in total. The van der Waals surface area contributed by atoms with E-state index in [2.05, 4.69) is 23.4 Å². The lowest BCUT2D eigenvalue weighted by molar-refractivity contribution is -0.697. The Labute approximate surface area is 132 Å². The van der Waals surface area contributed by atoms with Crippen LogP contribution in [0, 0.1) is 0 Å². The molecule has 1 aromatic heterocycles. The van der Waals surface area contributed by atoms with Crippen LogP contribution in [0.3, 0.4) is 0 Å². The summed E-state index contributed by atoms with van der Waals surface area (Å²) >= 11 is 0. The Morgan fingerprint density at radius 1 is 1.36 bits per heavy atom. The first-order chi connectivity index (χ1) is 10.5. The molecule has 1 aromatic rings. The van der Waals surface area contributed by atoms with Crippen molar-refractivity contribution in [2.45, 2.75) is 52.4 Å². The van der Waals surface area contributed by atoms with Crippen molar-refractivity contribution < 1.29 is 19.2 Å². The Morgan fingerprint density at radius 2 is 2.05 bits per heavy atom. The van der Waals surface area contributed by atoms with Gasteiger partial charge in [-0.2, -0.15) is 0 Å². The molecule has 2 N–H and O–H groups in total. The molecule has 0 aliphatic carbocycles. The number of anilines is 1. The van der Waals surface area contributed by atoms with Crippen LogP contribution < -0.4 is 9.88 Å². The molecule has 1 unspecified atom stereocenters. The lowest BCUT2D eigenvalue weighted by Gasteiger charge is -2.13. The van der Waals surface area contributed by atoms with Gasteiger partial charge in [0.1, 0.15) is 6.54 Å². The molecular formula is C17H27N2O3+. The molecule has 0 aliphatic heterocycles. The van der Waals surface area contributed by atoms with E-state index in [9.17, 15) is 9.90 Å². The van der Waals surface area contributed by atoms with Gasteiger partial charge in [0.15, 0.2) is 12.4 Å². The Hall–Kier alpha value is -1.88. The third-order valence-corrected chi connectivity index (χ3v) is 3.23. The summed E-state index contributed by atoms with van der Waals surface area (Å²) in [5, 5.41) is 12.6. The summed E-state index contributed by atoms with van der Waals surface area (Å²) in [6.45, 7) is 8.36. The molecule has 0 fully saturated rings. The average Bonchev–Trinajstić information content (AvgIpc) is 2.50. The predicted molar refractivity (Wildman–Crippen MR) is 86.2 cm³/mol. The fraction of sp³-hybridized carbons (Fsp3) is 0.529. The topological polar surface area (TPSA) is 62.4 Å². The molecule has 5 heteroatoms. The fourth-order valence-electron chi connectivity index (χ4n) is 1.92. The van der Waals surface area contributed by atoms with Crippen molar-refractivity contribution in [2.75, 3.05) is 11.9 Å². The van der Waals surface area contributed by atoms with Gasteiger partial charge in [0.05, 0.1) is 6.54 Å². The maximum Gasteiger partial charge on any atom is 0.335 e. The van der Waals surface area contributed by atoms with Crippen molar-refractivity contribution >= 4 is 11.7 Å². The van der Waals surface area contributed by atoms with E-state index in [1.54, 1.807) is 6.92 Å². The zero-order chi connectivity index (χ0) is 16.4. The number of carbonyl (C=O) groups is 1. The molecule has 0 spiro atoms. The molecule has 0 radical (unpaired) electrons. The van der Waals surface area contributed by atoms with Crippen molar-refractivity contribution in [2.24, 2.45) is 0 Å². The molecule has 0 saturated carbocycles. The normalized spacial score (nSPS) is 11.8. The van der Waals surface area contributed by atoms with Crippen LogP contribution in [0.4, 0.5) is 5.69 Å². The molecular weight excluding hydrogens is 280 g/mol. The number of aliphatic hydroxyl groups excluding tert-OH is 1. The van der Waals surface area contributed by atoms with E-state index in [4.69, 9.17) is 4.74 Å². The summed E-state index contributed by atoms with van der Waals surface area (Å²) < 4.78 is 6.92. The summed E-state index contributed by atoms with van der Waals surface area (Å²) in [7, 11) is 0. The number of ether oxygens (including phenoxy) is 1. The zero-order valence-corrected chi connectivity index (χ0v) is 13.5. The van der Waals surface area contributed by atoms with Crippen LogP contribution in [0.15, 0.2) is 36.7 Å². The second kappa shape index (κ2) is 9.95. The molecule has 1 atom stereocenters. The van der Waals surface area contributed by atoms with Gasteiger partial charge in [0.2, 0.25) is 6.29 Å². The number of carbonyl (C=O) groups excluding carboxylic acids is 1. The summed E-state index contributed by atoms with van der Waals surface area (Å²) in [4.78, 5) is 11.2. The van der Waals surface area contributed by atoms with Crippen molar-refractivity contribution in [3.05, 3.63) is 36.7 Å². The van der Waals surface area contributed by atoms with Crippen LogP contribution >= 0.6 is 0 Å². The molecule has 0 amide bonds. The number of aliphatic hydroxyl groups is 1. The maximum absolute atomic E-state index is 11.2. The van der Waals surface area contributed by atoms with E-state index in [1.807, 2.05) is 24.5 Å². The Morgan fingerprint density at radius 3 is 2.64 bits per heavy atom. The molecule has 22 heavy (non-hydrogen) atoms. The van der Waals surface area contributed by atoms with Crippen molar-refractivity contribution in [3.63, 3.8) is 0 Å². The van der Waals surface area contributed by atoms with Crippen LogP contribution in [0.25, 0.3) is 0 Å². The van der Waals surface area contributed by atoms with Gasteiger partial charge in [-0.15, -0.1) is 0 Å². The largest absolute Gasteiger partial charge is 0.431 e. The molecule has 1 rings (SSSR count). The summed E-state index contributed by atoms with van der Waals surface area (Å²) in [6.07, 6.45) is 7.77. The van der Waals surface area contributed by atoms with Crippen molar-refractivity contribution in [1.29, 1.82) is 0 Å². The van der Waals surface area contributed by atoms with Crippen molar-refractivity contribution in [1.82, 2.24) is 0 Å². The number of esters is 1. The van der Waals surface area contributed by atoms with Crippen LogP contribution in [-0.4, -0.2) is 23.9 Å². The molecule has 0 saturated heterocycles. The minimum absolute atomic E-state index is 0.138. The molecule has 0 aliphatic rings. The van der Waals surface area contributed by atoms with Gasteiger partial charge in [0, 0.05) is 29.8 Å². The first-order valence-corrected chi connectivity index (χ1v) is 7.80. The first kappa shape index (κ1) is 18.2. The maximum atomic E-state index is 11.2. The lowest BCUT2D eigenvalue weighted by atomic mass is 10.2. The van der Waals surface area contributed by atoms with Crippen LogP contribution in [0.2, 0.25) is 0 Å². The lowest BCUT2D eigenvalue weighted by Crippen LogP contribution is -2.32. The highest BCUT2D eigenvalue weighted by Crippen LogP contribution is 2.05. The molecule has 0 aromatic carbocycles. The number of nitrogens with one attached hydrogen (secondary N) is 1. The zero-order valence-electron chi connectivity index (χ0n) is 13.5. The standard InChI is InChI=1S/C17H26N2O3/c1-4-5-6-7-10-19-11-8-15(9-12-19)18-13-16(20)22-17(21)14(2)3/h8-9,11-12,16,20H,2,4-7,10,13H2,1,3H3/p+1. The van der Waals surface area contributed by atoms with Crippen LogP contribution in [-0.2, 0) is 16.1 Å². The fourth-order valence-corrected chi connectivity index (χ4v) is 1.92. The van der Waals surface area contributed by atoms with Gasteiger partial charge in [-0.05, 0) is 13.3 Å². The number of unbranched alkanes of at least 4 members (excludes halogenated alkanes) is 3. The van der Waals surface area contributed by atoms with E-state index >= 15 is 0 Å². The minimum Gasteiger partial charge on any atom is -0.431 e. The second-order valence-corrected chi connectivity index (χ2v) is 5.41. The van der Waals surface area contributed by atoms with E-state index in [0.717, 1.165) is 12.2 Å². The van der Waals surface area contributed by atoms with Gasteiger partial charge in [-0.1, -0.05) is 26.3 Å². The first-order valence-electron chi connectivity index (χ1n) is 7.80. The van der Waals surface area contributed by atoms with Crippen LogP contribution in [0.1, 0.15) is 39.5 Å². The quantitative estimate of drug-likeness (QED) is 0.229.